The molecule has 14 nitrogen and oxygen atoms in total. The second-order valence-electron chi connectivity index (χ2n) is 18.4. The van der Waals surface area contributed by atoms with Gasteiger partial charge in [0.15, 0.2) is 0 Å². The van der Waals surface area contributed by atoms with Crippen LogP contribution in [0.5, 0.6) is 0 Å². The lowest BCUT2D eigenvalue weighted by Crippen LogP contribution is -2.41. The quantitative estimate of drug-likeness (QED) is 0.285. The SMILES string of the molecule is CC(C)(C)OC(=O)N1CCc2c(cnn2C2CC(=O)C2)C1.CC(C)(C)OC(=O)N1CCc2c(cnn2C2CC(F)(F)C2)C1.FC1(F)CC(n2ncc3c2CCNC3)C1. The lowest BCUT2D eigenvalue weighted by Gasteiger charge is -2.37. The molecule has 3 aromatic rings. The molecule has 6 aliphatic rings. The van der Waals surface area contributed by atoms with Crippen LogP contribution in [0.2, 0.25) is 0 Å². The predicted molar refractivity (Wildman–Crippen MR) is 203 cm³/mol. The molecule has 318 valence electrons. The third kappa shape index (κ3) is 9.52. The van der Waals surface area contributed by atoms with E-state index in [4.69, 9.17) is 9.47 Å². The third-order valence-electron chi connectivity index (χ3n) is 11.2. The molecule has 0 bridgehead atoms. The van der Waals surface area contributed by atoms with Crippen LogP contribution in [0.15, 0.2) is 18.6 Å². The number of hydrogen-bond acceptors (Lipinski definition) is 9. The zero-order chi connectivity index (χ0) is 41.8. The van der Waals surface area contributed by atoms with E-state index in [1.807, 2.05) is 57.1 Å². The minimum absolute atomic E-state index is 0.0471. The highest BCUT2D eigenvalue weighted by atomic mass is 19.3. The van der Waals surface area contributed by atoms with Gasteiger partial charge in [0.05, 0.1) is 49.8 Å². The van der Waals surface area contributed by atoms with Gasteiger partial charge in [-0.1, -0.05) is 0 Å². The fraction of sp³-hybridized carbons (Fsp3) is 0.700. The van der Waals surface area contributed by atoms with E-state index in [1.54, 1.807) is 26.9 Å². The summed E-state index contributed by atoms with van der Waals surface area (Å²) >= 11 is 0. The van der Waals surface area contributed by atoms with Gasteiger partial charge in [0, 0.05) is 118 Å². The number of rotatable bonds is 3. The predicted octanol–water partition coefficient (Wildman–Crippen LogP) is 6.73. The van der Waals surface area contributed by atoms with Crippen LogP contribution in [0.1, 0.15) is 132 Å². The number of halogens is 4. The van der Waals surface area contributed by atoms with E-state index in [0.717, 1.165) is 59.7 Å². The summed E-state index contributed by atoms with van der Waals surface area (Å²) in [7, 11) is 0. The highest BCUT2D eigenvalue weighted by Gasteiger charge is 2.48. The van der Waals surface area contributed by atoms with Gasteiger partial charge in [-0.3, -0.25) is 18.8 Å². The lowest BCUT2D eigenvalue weighted by atomic mass is 9.88. The Hall–Kier alpha value is -4.48. The van der Waals surface area contributed by atoms with Crippen molar-refractivity contribution < 1.29 is 41.4 Å². The Morgan fingerprint density at radius 3 is 1.45 bits per heavy atom. The smallest absolute Gasteiger partial charge is 0.410 e. The molecule has 0 radical (unpaired) electrons. The number of aromatic nitrogens is 6. The molecule has 0 spiro atoms. The molecule has 0 aromatic carbocycles. The molecule has 6 heterocycles. The van der Waals surface area contributed by atoms with E-state index >= 15 is 0 Å². The van der Waals surface area contributed by atoms with Gasteiger partial charge in [-0.15, -0.1) is 0 Å². The Kier molecular flexibility index (Phi) is 11.2. The number of nitrogens with one attached hydrogen (secondary N) is 1. The maximum Gasteiger partial charge on any atom is 0.410 e. The van der Waals surface area contributed by atoms with Crippen molar-refractivity contribution in [2.45, 2.75) is 160 Å². The summed E-state index contributed by atoms with van der Waals surface area (Å²) in [5, 5.41) is 16.1. The molecular formula is C40H55F4N9O5. The first-order chi connectivity index (χ1) is 27.1. The molecular weight excluding hydrogens is 762 g/mol. The number of carbonyl (C=O) groups is 3. The Morgan fingerprint density at radius 2 is 1.05 bits per heavy atom. The Morgan fingerprint density at radius 1 is 0.655 bits per heavy atom. The summed E-state index contributed by atoms with van der Waals surface area (Å²) in [5.41, 5.74) is 5.42. The van der Waals surface area contributed by atoms with Gasteiger partial charge in [0.1, 0.15) is 17.0 Å². The number of alkyl halides is 4. The molecule has 3 saturated carbocycles. The van der Waals surface area contributed by atoms with Crippen LogP contribution in [-0.4, -0.2) is 99.8 Å². The number of fused-ring (bicyclic) bond motifs is 3. The molecule has 1 N–H and O–H groups in total. The zero-order valence-corrected chi connectivity index (χ0v) is 34.2. The van der Waals surface area contributed by atoms with E-state index < -0.39 is 23.0 Å². The molecule has 2 amide bonds. The number of ether oxygens (including phenoxy) is 2. The first-order valence-corrected chi connectivity index (χ1v) is 20.2. The monoisotopic (exact) mass is 817 g/mol. The van der Waals surface area contributed by atoms with Crippen molar-refractivity contribution in [1.29, 1.82) is 0 Å². The lowest BCUT2D eigenvalue weighted by molar-refractivity contribution is -0.126. The normalized spacial score (nSPS) is 21.4. The van der Waals surface area contributed by atoms with Gasteiger partial charge < -0.3 is 24.6 Å². The fourth-order valence-corrected chi connectivity index (χ4v) is 8.14. The second kappa shape index (κ2) is 15.6. The summed E-state index contributed by atoms with van der Waals surface area (Å²) in [6, 6.07) is -0.0806. The topological polar surface area (TPSA) is 142 Å². The number of hydrogen-bond donors (Lipinski definition) is 1. The van der Waals surface area contributed by atoms with Crippen LogP contribution in [-0.2, 0) is 53.2 Å². The van der Waals surface area contributed by atoms with E-state index in [9.17, 15) is 31.9 Å². The molecule has 18 heteroatoms. The summed E-state index contributed by atoms with van der Waals surface area (Å²) in [5.74, 6) is -4.72. The van der Waals surface area contributed by atoms with E-state index in [-0.39, 0.29) is 56.0 Å². The molecule has 0 unspecified atom stereocenters. The molecule has 58 heavy (non-hydrogen) atoms. The Labute approximate surface area is 335 Å². The maximum atomic E-state index is 13.0. The van der Waals surface area contributed by atoms with Crippen molar-refractivity contribution in [2.75, 3.05) is 19.6 Å². The molecule has 3 aliphatic carbocycles. The van der Waals surface area contributed by atoms with Crippen LogP contribution in [0, 0.1) is 0 Å². The van der Waals surface area contributed by atoms with Gasteiger partial charge in [-0.2, -0.15) is 15.3 Å². The highest BCUT2D eigenvalue weighted by molar-refractivity contribution is 5.85. The number of carbonyl (C=O) groups excluding carboxylic acids is 3. The van der Waals surface area contributed by atoms with Crippen LogP contribution in [0.3, 0.4) is 0 Å². The van der Waals surface area contributed by atoms with Crippen LogP contribution in [0.25, 0.3) is 0 Å². The minimum atomic E-state index is -2.55. The first-order valence-electron chi connectivity index (χ1n) is 20.2. The Bertz CT molecular complexity index is 1990. The molecule has 3 aliphatic heterocycles. The molecule has 0 atom stereocenters. The van der Waals surface area contributed by atoms with Gasteiger partial charge in [-0.25, -0.2) is 27.2 Å². The van der Waals surface area contributed by atoms with Crippen molar-refractivity contribution in [3.63, 3.8) is 0 Å². The molecule has 0 saturated heterocycles. The van der Waals surface area contributed by atoms with E-state index in [2.05, 4.69) is 20.6 Å². The largest absolute Gasteiger partial charge is 0.444 e. The Balaban J connectivity index is 0.000000135. The molecule has 9 rings (SSSR count). The molecule has 3 aromatic heterocycles. The summed E-state index contributed by atoms with van der Waals surface area (Å²) < 4.78 is 67.9. The number of amides is 2. The standard InChI is InChI=1S/C15H21F2N3O2.C15H21N3O3.C10H13F2N3/c1-14(2,3)22-13(21)19-5-4-12-10(9-19)8-18-20(12)11-6-15(16,17)7-11;1-15(2,3)21-14(20)17-5-4-13-10(9-17)8-16-18(13)11-6-12(19)7-11;11-10(12)3-8(4-10)15-9-1-2-13-5-7(9)6-14-15/h8,11H,4-7,9H2,1-3H3;8,11H,4-7,9H2,1-3H3;6,8,13H,1-5H2. The van der Waals surface area contributed by atoms with Crippen LogP contribution >= 0.6 is 0 Å². The van der Waals surface area contributed by atoms with Crippen molar-refractivity contribution in [3.8, 4) is 0 Å². The van der Waals surface area contributed by atoms with Crippen LogP contribution < -0.4 is 5.32 Å². The average molecular weight is 818 g/mol. The number of ketones is 1. The minimum Gasteiger partial charge on any atom is -0.444 e. The fourth-order valence-electron chi connectivity index (χ4n) is 8.14. The van der Waals surface area contributed by atoms with Gasteiger partial charge in [0.25, 0.3) is 11.8 Å². The third-order valence-corrected chi connectivity index (χ3v) is 11.2. The summed E-state index contributed by atoms with van der Waals surface area (Å²) in [6.45, 7) is 14.9. The average Bonchev–Trinajstić information content (AvgIpc) is 3.83. The zero-order valence-electron chi connectivity index (χ0n) is 34.2. The van der Waals surface area contributed by atoms with Crippen LogP contribution in [0.4, 0.5) is 27.2 Å². The van der Waals surface area contributed by atoms with E-state index in [1.165, 1.54) is 0 Å². The first kappa shape index (κ1) is 41.7. The number of nitrogens with zero attached hydrogens (tertiary/aromatic N) is 8. The van der Waals surface area contributed by atoms with Gasteiger partial charge >= 0.3 is 12.2 Å². The van der Waals surface area contributed by atoms with E-state index in [0.29, 0.717) is 51.2 Å². The molecule has 3 fully saturated rings. The summed E-state index contributed by atoms with van der Waals surface area (Å²) in [4.78, 5) is 38.7. The van der Waals surface area contributed by atoms with Crippen molar-refractivity contribution in [3.05, 3.63) is 52.4 Å². The van der Waals surface area contributed by atoms with Crippen molar-refractivity contribution in [1.82, 2.24) is 44.5 Å². The van der Waals surface area contributed by atoms with Gasteiger partial charge in [-0.05, 0) is 41.5 Å². The van der Waals surface area contributed by atoms with Crippen molar-refractivity contribution in [2.24, 2.45) is 0 Å². The maximum absolute atomic E-state index is 13.0. The van der Waals surface area contributed by atoms with Crippen molar-refractivity contribution >= 4 is 18.0 Å². The summed E-state index contributed by atoms with van der Waals surface area (Å²) in [6.07, 6.45) is 7.76. The van der Waals surface area contributed by atoms with Gasteiger partial charge in [0.2, 0.25) is 0 Å². The highest BCUT2D eigenvalue weighted by Crippen LogP contribution is 2.47. The second-order valence-corrected chi connectivity index (χ2v) is 18.4. The number of Topliss-reactive ketones (excluding diaryl/α,β-unsaturated/α-hetero) is 1.